The summed E-state index contributed by atoms with van der Waals surface area (Å²) in [5.74, 6) is 2.38. The molecule has 1 saturated heterocycles. The zero-order valence-corrected chi connectivity index (χ0v) is 14.3. The first-order valence-electron chi connectivity index (χ1n) is 7.97. The predicted octanol–water partition coefficient (Wildman–Crippen LogP) is 1.68. The van der Waals surface area contributed by atoms with Gasteiger partial charge >= 0.3 is 0 Å². The second-order valence-electron chi connectivity index (χ2n) is 5.56. The summed E-state index contributed by atoms with van der Waals surface area (Å²) in [6, 6.07) is 0. The van der Waals surface area contributed by atoms with E-state index in [9.17, 15) is 4.79 Å². The van der Waals surface area contributed by atoms with Gasteiger partial charge in [0.2, 0.25) is 5.91 Å². The fourth-order valence-electron chi connectivity index (χ4n) is 2.68. The number of rotatable bonds is 8. The number of nitrogens with zero attached hydrogens (tertiary/aromatic N) is 2. The van der Waals surface area contributed by atoms with Crippen LogP contribution in [0.3, 0.4) is 0 Å². The van der Waals surface area contributed by atoms with Crippen LogP contribution in [0, 0.1) is 5.92 Å². The average molecular weight is 314 g/mol. The summed E-state index contributed by atoms with van der Waals surface area (Å²) in [6.45, 7) is 5.75. The van der Waals surface area contributed by atoms with Crippen LogP contribution in [-0.2, 0) is 4.79 Å². The van der Waals surface area contributed by atoms with E-state index in [0.29, 0.717) is 12.3 Å². The highest BCUT2D eigenvalue weighted by Crippen LogP contribution is 2.19. The minimum absolute atomic E-state index is 0.194. The van der Waals surface area contributed by atoms with E-state index in [1.165, 1.54) is 12.2 Å². The molecule has 5 nitrogen and oxygen atoms in total. The maximum Gasteiger partial charge on any atom is 0.217 e. The van der Waals surface area contributed by atoms with Gasteiger partial charge in [-0.25, -0.2) is 0 Å². The monoisotopic (exact) mass is 314 g/mol. The van der Waals surface area contributed by atoms with Gasteiger partial charge in [0.1, 0.15) is 0 Å². The average Bonchev–Trinajstić information content (AvgIpc) is 2.45. The van der Waals surface area contributed by atoms with Crippen LogP contribution in [0.1, 0.15) is 39.0 Å². The van der Waals surface area contributed by atoms with Crippen molar-refractivity contribution in [2.75, 3.05) is 38.2 Å². The molecule has 1 amide bonds. The predicted molar refractivity (Wildman–Crippen MR) is 91.7 cm³/mol. The first-order chi connectivity index (χ1) is 10.2. The molecule has 3 N–H and O–H groups in total. The Balaban J connectivity index is 2.49. The number of nitrogens with one attached hydrogen (secondary N) is 1. The Morgan fingerprint density at radius 3 is 2.95 bits per heavy atom. The van der Waals surface area contributed by atoms with Crippen molar-refractivity contribution in [3.63, 3.8) is 0 Å². The Labute approximate surface area is 133 Å². The molecule has 1 unspecified atom stereocenters. The second-order valence-corrected chi connectivity index (χ2v) is 6.55. The van der Waals surface area contributed by atoms with E-state index in [-0.39, 0.29) is 5.91 Å². The van der Waals surface area contributed by atoms with Crippen LogP contribution in [0.5, 0.6) is 0 Å². The van der Waals surface area contributed by atoms with Crippen molar-refractivity contribution in [2.45, 2.75) is 39.0 Å². The molecule has 0 spiro atoms. The number of nitrogens with two attached hydrogens (primary N) is 1. The molecule has 0 aromatic carbocycles. The zero-order chi connectivity index (χ0) is 15.5. The number of hydrogen-bond acceptors (Lipinski definition) is 3. The quantitative estimate of drug-likeness (QED) is 0.406. The summed E-state index contributed by atoms with van der Waals surface area (Å²) in [6.07, 6.45) is 7.17. The van der Waals surface area contributed by atoms with E-state index in [1.54, 1.807) is 0 Å². The molecule has 1 aliphatic heterocycles. The van der Waals surface area contributed by atoms with Crippen molar-refractivity contribution in [3.8, 4) is 0 Å². The van der Waals surface area contributed by atoms with Crippen molar-refractivity contribution in [1.82, 2.24) is 10.2 Å². The highest BCUT2D eigenvalue weighted by Gasteiger charge is 2.23. The molecular weight excluding hydrogens is 284 g/mol. The third-order valence-electron chi connectivity index (χ3n) is 3.66. The molecule has 1 fully saturated rings. The van der Waals surface area contributed by atoms with E-state index in [2.05, 4.69) is 23.4 Å². The molecule has 0 aliphatic carbocycles. The van der Waals surface area contributed by atoms with Crippen molar-refractivity contribution in [1.29, 1.82) is 0 Å². The first kappa shape index (κ1) is 18.1. The Kier molecular flexibility index (Phi) is 9.30. The fourth-order valence-corrected chi connectivity index (χ4v) is 3.17. The molecule has 1 heterocycles. The van der Waals surface area contributed by atoms with Gasteiger partial charge in [0, 0.05) is 32.6 Å². The smallest absolute Gasteiger partial charge is 0.217 e. The van der Waals surface area contributed by atoms with E-state index in [4.69, 9.17) is 10.7 Å². The maximum absolute atomic E-state index is 11.1. The first-order valence-corrected chi connectivity index (χ1v) is 9.37. The van der Waals surface area contributed by atoms with Gasteiger partial charge in [0.05, 0.1) is 0 Å². The minimum atomic E-state index is -0.194. The summed E-state index contributed by atoms with van der Waals surface area (Å²) in [5.41, 5.74) is 5.32. The molecule has 0 bridgehead atoms. The van der Waals surface area contributed by atoms with Crippen LogP contribution < -0.4 is 11.1 Å². The second kappa shape index (κ2) is 10.8. The SMILES string of the molecule is CCNC(=NCCCCSC)N1CCCC(CC(N)=O)C1. The topological polar surface area (TPSA) is 70.7 Å². The lowest BCUT2D eigenvalue weighted by Crippen LogP contribution is -2.47. The summed E-state index contributed by atoms with van der Waals surface area (Å²) in [4.78, 5) is 18.1. The van der Waals surface area contributed by atoms with Gasteiger partial charge in [-0.2, -0.15) is 11.8 Å². The highest BCUT2D eigenvalue weighted by atomic mass is 32.2. The Morgan fingerprint density at radius 2 is 2.29 bits per heavy atom. The molecule has 0 aromatic heterocycles. The number of piperidine rings is 1. The number of guanidine groups is 1. The molecule has 0 saturated carbocycles. The van der Waals surface area contributed by atoms with Crippen LogP contribution in [0.2, 0.25) is 0 Å². The van der Waals surface area contributed by atoms with Crippen LogP contribution in [0.4, 0.5) is 0 Å². The maximum atomic E-state index is 11.1. The fraction of sp³-hybridized carbons (Fsp3) is 0.867. The lowest BCUT2D eigenvalue weighted by atomic mass is 9.95. The van der Waals surface area contributed by atoms with Crippen molar-refractivity contribution in [3.05, 3.63) is 0 Å². The number of thioether (sulfide) groups is 1. The third-order valence-corrected chi connectivity index (χ3v) is 4.36. The van der Waals surface area contributed by atoms with E-state index < -0.39 is 0 Å². The summed E-state index contributed by atoms with van der Waals surface area (Å²) < 4.78 is 0. The number of unbranched alkanes of at least 4 members (excludes halogenated alkanes) is 1. The van der Waals surface area contributed by atoms with Gasteiger partial charge in [-0.05, 0) is 50.5 Å². The summed E-state index contributed by atoms with van der Waals surface area (Å²) in [5, 5.41) is 3.37. The number of carbonyl (C=O) groups excluding carboxylic acids is 1. The number of primary amides is 1. The molecular formula is C15H30N4OS. The van der Waals surface area contributed by atoms with Gasteiger partial charge in [-0.1, -0.05) is 0 Å². The zero-order valence-electron chi connectivity index (χ0n) is 13.4. The summed E-state index contributed by atoms with van der Waals surface area (Å²) in [7, 11) is 0. The lowest BCUT2D eigenvalue weighted by Gasteiger charge is -2.34. The van der Waals surface area contributed by atoms with Gasteiger partial charge in [0.25, 0.3) is 0 Å². The van der Waals surface area contributed by atoms with E-state index >= 15 is 0 Å². The molecule has 6 heteroatoms. The molecule has 1 rings (SSSR count). The van der Waals surface area contributed by atoms with Gasteiger partial charge in [-0.3, -0.25) is 9.79 Å². The van der Waals surface area contributed by atoms with Gasteiger partial charge in [0.15, 0.2) is 5.96 Å². The molecule has 21 heavy (non-hydrogen) atoms. The van der Waals surface area contributed by atoms with Crippen molar-refractivity contribution >= 4 is 23.6 Å². The standard InChI is InChI=1S/C15H30N4OS/c1-3-17-15(18-8-4-5-10-21-2)19-9-6-7-13(12-19)11-14(16)20/h13H,3-12H2,1-2H3,(H2,16,20)(H,17,18). The van der Waals surface area contributed by atoms with Crippen molar-refractivity contribution < 1.29 is 4.79 Å². The number of likely N-dealkylation sites (tertiary alicyclic amines) is 1. The number of hydrogen-bond donors (Lipinski definition) is 2. The van der Waals surface area contributed by atoms with Crippen LogP contribution in [0.15, 0.2) is 4.99 Å². The largest absolute Gasteiger partial charge is 0.370 e. The van der Waals surface area contributed by atoms with E-state index in [1.807, 2.05) is 11.8 Å². The Morgan fingerprint density at radius 1 is 1.48 bits per heavy atom. The van der Waals surface area contributed by atoms with Crippen molar-refractivity contribution in [2.24, 2.45) is 16.6 Å². The van der Waals surface area contributed by atoms with Gasteiger partial charge < -0.3 is 16.0 Å². The molecule has 1 aliphatic rings. The summed E-state index contributed by atoms with van der Waals surface area (Å²) >= 11 is 1.89. The Bertz CT molecular complexity index is 336. The molecule has 1 atom stereocenters. The molecule has 122 valence electrons. The number of carbonyl (C=O) groups is 1. The normalized spacial score (nSPS) is 19.6. The van der Waals surface area contributed by atoms with Gasteiger partial charge in [-0.15, -0.1) is 0 Å². The van der Waals surface area contributed by atoms with E-state index in [0.717, 1.165) is 51.4 Å². The highest BCUT2D eigenvalue weighted by molar-refractivity contribution is 7.98. The van der Waals surface area contributed by atoms with Crippen LogP contribution in [-0.4, -0.2) is 55.0 Å². The number of amides is 1. The molecule has 0 radical (unpaired) electrons. The number of aliphatic imine (C=N–C) groups is 1. The lowest BCUT2D eigenvalue weighted by molar-refractivity contribution is -0.119. The van der Waals surface area contributed by atoms with Crippen LogP contribution >= 0.6 is 11.8 Å². The van der Waals surface area contributed by atoms with Crippen LogP contribution in [0.25, 0.3) is 0 Å². The third kappa shape index (κ3) is 7.60. The minimum Gasteiger partial charge on any atom is -0.370 e. The Hall–Kier alpha value is -0.910. The molecule has 0 aromatic rings.